The highest BCUT2D eigenvalue weighted by atomic mass is 15.0. The van der Waals surface area contributed by atoms with Gasteiger partial charge < -0.3 is 9.13 Å². The number of aromatic nitrogens is 4. The van der Waals surface area contributed by atoms with E-state index in [1.807, 2.05) is 36.9 Å². The third-order valence-corrected chi connectivity index (χ3v) is 3.04. The summed E-state index contributed by atoms with van der Waals surface area (Å²) < 4.78 is 3.68. The minimum Gasteiger partial charge on any atom is -0.334 e. The maximum absolute atomic E-state index is 9.14. The van der Waals surface area contributed by atoms with Gasteiger partial charge in [0, 0.05) is 19.7 Å². The number of aryl methyl sites for hydroxylation is 2. The van der Waals surface area contributed by atoms with Crippen molar-refractivity contribution in [2.45, 2.75) is 0 Å². The van der Waals surface area contributed by atoms with E-state index >= 15 is 0 Å². The monoisotopic (exact) mass is 237 g/mol. The van der Waals surface area contributed by atoms with Crippen LogP contribution in [0.5, 0.6) is 0 Å². The number of imidazole rings is 2. The van der Waals surface area contributed by atoms with Crippen molar-refractivity contribution in [1.82, 2.24) is 19.1 Å². The van der Waals surface area contributed by atoms with Crippen LogP contribution in [-0.4, -0.2) is 19.1 Å². The average molecular weight is 237 g/mol. The highest BCUT2D eigenvalue weighted by Gasteiger charge is 2.11. The standard InChI is InChI=1S/C13H11N5/c1-17-7-15-10-5-9(3-4-11(10)17)13-12(6-14)18(2)8-16-13/h3-5,7-8H,1-2H3. The SMILES string of the molecule is Cn1cnc(-c2ccc3c(c2)ncn3C)c1C#N. The highest BCUT2D eigenvalue weighted by molar-refractivity contribution is 5.82. The molecule has 0 N–H and O–H groups in total. The van der Waals surface area contributed by atoms with Gasteiger partial charge in [0.25, 0.3) is 0 Å². The predicted octanol–water partition coefficient (Wildman–Crippen LogP) is 1.85. The van der Waals surface area contributed by atoms with Gasteiger partial charge in [0.05, 0.1) is 23.7 Å². The first kappa shape index (κ1) is 10.5. The van der Waals surface area contributed by atoms with Crippen LogP contribution in [0, 0.1) is 11.3 Å². The topological polar surface area (TPSA) is 59.4 Å². The van der Waals surface area contributed by atoms with Crippen LogP contribution in [0.15, 0.2) is 30.9 Å². The van der Waals surface area contributed by atoms with Crippen molar-refractivity contribution in [3.8, 4) is 17.3 Å². The molecule has 3 aromatic rings. The molecule has 0 saturated carbocycles. The number of benzene rings is 1. The van der Waals surface area contributed by atoms with Gasteiger partial charge in [-0.15, -0.1) is 0 Å². The Kier molecular flexibility index (Phi) is 2.17. The zero-order valence-corrected chi connectivity index (χ0v) is 10.1. The van der Waals surface area contributed by atoms with E-state index in [2.05, 4.69) is 16.0 Å². The second kappa shape index (κ2) is 3.70. The van der Waals surface area contributed by atoms with Crippen molar-refractivity contribution in [2.24, 2.45) is 14.1 Å². The fraction of sp³-hybridized carbons (Fsp3) is 0.154. The quantitative estimate of drug-likeness (QED) is 0.649. The summed E-state index contributed by atoms with van der Waals surface area (Å²) in [6.07, 6.45) is 3.43. The molecule has 0 amide bonds. The molecule has 0 spiro atoms. The van der Waals surface area contributed by atoms with E-state index in [9.17, 15) is 0 Å². The first-order valence-corrected chi connectivity index (χ1v) is 5.53. The maximum Gasteiger partial charge on any atom is 0.147 e. The molecular formula is C13H11N5. The Bertz CT molecular complexity index is 772. The Morgan fingerprint density at radius 3 is 2.67 bits per heavy atom. The fourth-order valence-corrected chi connectivity index (χ4v) is 2.06. The lowest BCUT2D eigenvalue weighted by Gasteiger charge is -2.00. The zero-order valence-electron chi connectivity index (χ0n) is 10.1. The molecule has 5 nitrogen and oxygen atoms in total. The molecule has 0 unspecified atom stereocenters. The molecule has 2 heterocycles. The highest BCUT2D eigenvalue weighted by Crippen LogP contribution is 2.24. The molecule has 0 bridgehead atoms. The summed E-state index contributed by atoms with van der Waals surface area (Å²) in [7, 11) is 3.77. The van der Waals surface area contributed by atoms with Gasteiger partial charge in [-0.3, -0.25) is 0 Å². The first-order valence-electron chi connectivity index (χ1n) is 5.53. The van der Waals surface area contributed by atoms with E-state index in [0.29, 0.717) is 11.4 Å². The smallest absolute Gasteiger partial charge is 0.147 e. The Morgan fingerprint density at radius 1 is 1.11 bits per heavy atom. The summed E-state index contributed by atoms with van der Waals surface area (Å²) in [5.41, 5.74) is 4.15. The number of hydrogen-bond acceptors (Lipinski definition) is 3. The molecular weight excluding hydrogens is 226 g/mol. The third kappa shape index (κ3) is 1.39. The van der Waals surface area contributed by atoms with Crippen LogP contribution in [0.3, 0.4) is 0 Å². The van der Waals surface area contributed by atoms with E-state index in [-0.39, 0.29) is 0 Å². The second-order valence-corrected chi connectivity index (χ2v) is 4.22. The van der Waals surface area contributed by atoms with Gasteiger partial charge in [-0.25, -0.2) is 9.97 Å². The predicted molar refractivity (Wildman–Crippen MR) is 67.6 cm³/mol. The van der Waals surface area contributed by atoms with E-state index < -0.39 is 0 Å². The number of nitriles is 1. The molecule has 2 aromatic heterocycles. The summed E-state index contributed by atoms with van der Waals surface area (Å²) in [5, 5.41) is 9.14. The Labute approximate surface area is 104 Å². The molecule has 0 radical (unpaired) electrons. The number of hydrogen-bond donors (Lipinski definition) is 0. The van der Waals surface area contributed by atoms with Crippen LogP contribution >= 0.6 is 0 Å². The van der Waals surface area contributed by atoms with Crippen LogP contribution in [0.25, 0.3) is 22.3 Å². The fourth-order valence-electron chi connectivity index (χ4n) is 2.06. The first-order chi connectivity index (χ1) is 8.70. The molecule has 0 saturated heterocycles. The molecule has 5 heteroatoms. The minimum atomic E-state index is 0.560. The number of rotatable bonds is 1. The summed E-state index contributed by atoms with van der Waals surface area (Å²) in [5.74, 6) is 0. The second-order valence-electron chi connectivity index (χ2n) is 4.22. The summed E-state index contributed by atoms with van der Waals surface area (Å²) >= 11 is 0. The molecule has 0 aliphatic rings. The van der Waals surface area contributed by atoms with Crippen LogP contribution in [-0.2, 0) is 14.1 Å². The van der Waals surface area contributed by atoms with Crippen molar-refractivity contribution < 1.29 is 0 Å². The van der Waals surface area contributed by atoms with E-state index in [4.69, 9.17) is 5.26 Å². The molecule has 88 valence electrons. The van der Waals surface area contributed by atoms with Gasteiger partial charge in [-0.2, -0.15) is 5.26 Å². The third-order valence-electron chi connectivity index (χ3n) is 3.04. The van der Waals surface area contributed by atoms with Crippen molar-refractivity contribution in [3.63, 3.8) is 0 Å². The van der Waals surface area contributed by atoms with E-state index in [0.717, 1.165) is 16.6 Å². The van der Waals surface area contributed by atoms with Gasteiger partial charge in [-0.1, -0.05) is 6.07 Å². The molecule has 18 heavy (non-hydrogen) atoms. The largest absolute Gasteiger partial charge is 0.334 e. The van der Waals surface area contributed by atoms with Crippen molar-refractivity contribution in [1.29, 1.82) is 5.26 Å². The minimum absolute atomic E-state index is 0.560. The lowest BCUT2D eigenvalue weighted by Crippen LogP contribution is -1.91. The Balaban J connectivity index is 2.23. The normalized spacial score (nSPS) is 10.7. The Morgan fingerprint density at radius 2 is 1.89 bits per heavy atom. The lowest BCUT2D eigenvalue weighted by atomic mass is 10.1. The van der Waals surface area contributed by atoms with Gasteiger partial charge in [0.1, 0.15) is 17.5 Å². The molecule has 0 aliphatic heterocycles. The molecule has 0 fully saturated rings. The van der Waals surface area contributed by atoms with E-state index in [1.54, 1.807) is 17.2 Å². The van der Waals surface area contributed by atoms with Gasteiger partial charge in [0.2, 0.25) is 0 Å². The van der Waals surface area contributed by atoms with Crippen molar-refractivity contribution >= 4 is 11.0 Å². The summed E-state index contributed by atoms with van der Waals surface area (Å²) in [6, 6.07) is 8.09. The van der Waals surface area contributed by atoms with Gasteiger partial charge in [0.15, 0.2) is 0 Å². The maximum atomic E-state index is 9.14. The average Bonchev–Trinajstić information content (AvgIpc) is 2.93. The van der Waals surface area contributed by atoms with Crippen LogP contribution < -0.4 is 0 Å². The Hall–Kier alpha value is -2.61. The van der Waals surface area contributed by atoms with Crippen LogP contribution in [0.2, 0.25) is 0 Å². The van der Waals surface area contributed by atoms with Crippen molar-refractivity contribution in [3.05, 3.63) is 36.5 Å². The van der Waals surface area contributed by atoms with Gasteiger partial charge in [-0.05, 0) is 12.1 Å². The van der Waals surface area contributed by atoms with E-state index in [1.165, 1.54) is 0 Å². The number of nitrogens with zero attached hydrogens (tertiary/aromatic N) is 5. The molecule has 3 rings (SSSR count). The number of fused-ring (bicyclic) bond motifs is 1. The molecule has 0 aliphatic carbocycles. The molecule has 1 aromatic carbocycles. The van der Waals surface area contributed by atoms with Crippen LogP contribution in [0.1, 0.15) is 5.69 Å². The summed E-state index contributed by atoms with van der Waals surface area (Å²) in [4.78, 5) is 8.59. The zero-order chi connectivity index (χ0) is 12.7. The van der Waals surface area contributed by atoms with Crippen molar-refractivity contribution in [2.75, 3.05) is 0 Å². The van der Waals surface area contributed by atoms with Crippen LogP contribution in [0.4, 0.5) is 0 Å². The van der Waals surface area contributed by atoms with Gasteiger partial charge >= 0.3 is 0 Å². The summed E-state index contributed by atoms with van der Waals surface area (Å²) in [6.45, 7) is 0. The lowest BCUT2D eigenvalue weighted by molar-refractivity contribution is 0.897. The molecule has 0 atom stereocenters.